The van der Waals surface area contributed by atoms with Crippen LogP contribution in [0, 0.1) is 11.2 Å². The van der Waals surface area contributed by atoms with Crippen molar-refractivity contribution in [1.82, 2.24) is 16.0 Å². The molecule has 1 saturated heterocycles. The molecule has 0 unspecified atom stereocenters. The number of amides is 1. The first-order valence-corrected chi connectivity index (χ1v) is 12.9. The highest BCUT2D eigenvalue weighted by molar-refractivity contribution is 5.73. The molecule has 0 aromatic heterocycles. The minimum Gasteiger partial charge on any atom is -0.470 e. The minimum atomic E-state index is -0.837. The number of carbonyl (C=O) groups excluding carboxylic acids is 1. The Bertz CT molecular complexity index is 993. The second-order valence-corrected chi connectivity index (χ2v) is 11.6. The van der Waals surface area contributed by atoms with Crippen molar-refractivity contribution in [2.45, 2.75) is 77.2 Å². The minimum absolute atomic E-state index is 0.0309. The standard InChI is InChI=1S/C28H40FN3O4/c1-18(33)32-23(12-19-5-7-21(29)8-6-19)25(34)16-30-24-14-28(9-10-35-17-28)36-26-22(24)11-20(15-31-26)13-27(2,3)4/h5-8,11,23-25,30-31,34H,9-10,12-17H2,1-4H3,(H,32,33)/t23-,24-,25+,28-/m0/s1. The third kappa shape index (κ3) is 6.87. The van der Waals surface area contributed by atoms with Crippen LogP contribution in [0.2, 0.25) is 0 Å². The van der Waals surface area contributed by atoms with E-state index in [9.17, 15) is 14.3 Å². The normalized spacial score (nSPS) is 25.5. The van der Waals surface area contributed by atoms with E-state index in [1.807, 2.05) is 0 Å². The number of rotatable bonds is 8. The molecule has 0 bridgehead atoms. The van der Waals surface area contributed by atoms with Crippen molar-refractivity contribution in [3.05, 3.63) is 58.8 Å². The second-order valence-electron chi connectivity index (χ2n) is 11.6. The van der Waals surface area contributed by atoms with E-state index in [2.05, 4.69) is 42.8 Å². The van der Waals surface area contributed by atoms with E-state index in [-0.39, 0.29) is 35.3 Å². The van der Waals surface area contributed by atoms with Gasteiger partial charge in [-0.15, -0.1) is 0 Å². The fraction of sp³-hybridized carbons (Fsp3) is 0.607. The lowest BCUT2D eigenvalue weighted by molar-refractivity contribution is -0.120. The first kappa shape index (κ1) is 26.6. The molecular weight excluding hydrogens is 461 g/mol. The first-order chi connectivity index (χ1) is 17.0. The predicted molar refractivity (Wildman–Crippen MR) is 137 cm³/mol. The third-order valence-electron chi connectivity index (χ3n) is 6.99. The smallest absolute Gasteiger partial charge is 0.217 e. The van der Waals surface area contributed by atoms with E-state index in [1.54, 1.807) is 12.1 Å². The van der Waals surface area contributed by atoms with Gasteiger partial charge in [-0.3, -0.25) is 4.79 Å². The molecule has 3 aliphatic heterocycles. The summed E-state index contributed by atoms with van der Waals surface area (Å²) in [6, 6.07) is 5.60. The molecular formula is C28H40FN3O4. The monoisotopic (exact) mass is 501 g/mol. The van der Waals surface area contributed by atoms with Gasteiger partial charge in [0.1, 0.15) is 11.4 Å². The van der Waals surface area contributed by atoms with Crippen molar-refractivity contribution in [2.24, 2.45) is 5.41 Å². The summed E-state index contributed by atoms with van der Waals surface area (Å²) in [5.74, 6) is 0.261. The Labute approximate surface area is 213 Å². The zero-order chi connectivity index (χ0) is 25.9. The number of hydrogen-bond acceptors (Lipinski definition) is 6. The van der Waals surface area contributed by atoms with Crippen LogP contribution < -0.4 is 16.0 Å². The molecule has 4 rings (SSSR count). The van der Waals surface area contributed by atoms with E-state index in [0.29, 0.717) is 19.6 Å². The Balaban J connectivity index is 1.50. The number of aliphatic hydroxyl groups is 1. The van der Waals surface area contributed by atoms with Gasteiger partial charge in [-0.05, 0) is 36.0 Å². The number of benzene rings is 1. The van der Waals surface area contributed by atoms with Gasteiger partial charge in [-0.25, -0.2) is 4.39 Å². The van der Waals surface area contributed by atoms with Crippen molar-refractivity contribution in [3.63, 3.8) is 0 Å². The zero-order valence-electron chi connectivity index (χ0n) is 21.8. The number of carbonyl (C=O) groups is 1. The highest BCUT2D eigenvalue weighted by atomic mass is 19.1. The third-order valence-corrected chi connectivity index (χ3v) is 6.99. The van der Waals surface area contributed by atoms with Gasteiger partial charge in [-0.1, -0.05) is 44.6 Å². The molecule has 1 spiro atoms. The first-order valence-electron chi connectivity index (χ1n) is 12.9. The second kappa shape index (κ2) is 10.9. The van der Waals surface area contributed by atoms with Crippen molar-refractivity contribution < 1.29 is 23.8 Å². The summed E-state index contributed by atoms with van der Waals surface area (Å²) < 4.78 is 25.5. The molecule has 1 amide bonds. The predicted octanol–water partition coefficient (Wildman–Crippen LogP) is 2.95. The molecule has 0 aliphatic carbocycles. The number of aliphatic hydroxyl groups excluding tert-OH is 1. The molecule has 36 heavy (non-hydrogen) atoms. The molecule has 8 heteroatoms. The van der Waals surface area contributed by atoms with Crippen LogP contribution >= 0.6 is 0 Å². The van der Waals surface area contributed by atoms with E-state index in [0.717, 1.165) is 42.8 Å². The van der Waals surface area contributed by atoms with Crippen molar-refractivity contribution in [3.8, 4) is 0 Å². The molecule has 4 N–H and O–H groups in total. The van der Waals surface area contributed by atoms with Crippen molar-refractivity contribution in [1.29, 1.82) is 0 Å². The van der Waals surface area contributed by atoms with Crippen LogP contribution in [-0.4, -0.2) is 61.1 Å². The summed E-state index contributed by atoms with van der Waals surface area (Å²) in [6.45, 7) is 10.4. The Morgan fingerprint density at radius 3 is 2.69 bits per heavy atom. The fourth-order valence-electron chi connectivity index (χ4n) is 5.36. The van der Waals surface area contributed by atoms with Crippen LogP contribution in [0.3, 0.4) is 0 Å². The van der Waals surface area contributed by atoms with Crippen LogP contribution in [0.15, 0.2) is 47.4 Å². The summed E-state index contributed by atoms with van der Waals surface area (Å²) in [5.41, 5.74) is 3.03. The fourth-order valence-corrected chi connectivity index (χ4v) is 5.36. The average Bonchev–Trinajstić information content (AvgIpc) is 3.24. The van der Waals surface area contributed by atoms with Crippen molar-refractivity contribution in [2.75, 3.05) is 26.3 Å². The van der Waals surface area contributed by atoms with E-state index < -0.39 is 12.1 Å². The molecule has 4 atom stereocenters. The molecule has 0 radical (unpaired) electrons. The topological polar surface area (TPSA) is 91.9 Å². The molecule has 7 nitrogen and oxygen atoms in total. The van der Waals surface area contributed by atoms with E-state index in [1.165, 1.54) is 24.6 Å². The van der Waals surface area contributed by atoms with Gasteiger partial charge in [0.2, 0.25) is 5.91 Å². The van der Waals surface area contributed by atoms with Gasteiger partial charge >= 0.3 is 0 Å². The highest BCUT2D eigenvalue weighted by Gasteiger charge is 2.45. The molecule has 1 aromatic carbocycles. The van der Waals surface area contributed by atoms with E-state index >= 15 is 0 Å². The largest absolute Gasteiger partial charge is 0.470 e. The summed E-state index contributed by atoms with van der Waals surface area (Å²) in [6.07, 6.45) is 4.35. The van der Waals surface area contributed by atoms with Crippen LogP contribution in [0.5, 0.6) is 0 Å². The van der Waals surface area contributed by atoms with Crippen molar-refractivity contribution >= 4 is 5.91 Å². The average molecular weight is 502 g/mol. The number of halogens is 1. The maximum Gasteiger partial charge on any atom is 0.217 e. The van der Waals surface area contributed by atoms with Crippen LogP contribution in [0.1, 0.15) is 52.5 Å². The Hall–Kier alpha value is -2.42. The Morgan fingerprint density at radius 2 is 2.06 bits per heavy atom. The zero-order valence-corrected chi connectivity index (χ0v) is 21.8. The Kier molecular flexibility index (Phi) is 8.07. The molecule has 1 aromatic rings. The molecule has 3 heterocycles. The van der Waals surface area contributed by atoms with E-state index in [4.69, 9.17) is 9.47 Å². The number of ether oxygens (including phenoxy) is 2. The summed E-state index contributed by atoms with van der Waals surface area (Å²) in [4.78, 5) is 11.9. The van der Waals surface area contributed by atoms with Crippen LogP contribution in [-0.2, 0) is 20.7 Å². The van der Waals surface area contributed by atoms with Gasteiger partial charge in [0.25, 0.3) is 0 Å². The van der Waals surface area contributed by atoms with Gasteiger partial charge in [0.05, 0.1) is 25.4 Å². The maximum absolute atomic E-state index is 13.3. The number of hydrogen-bond donors (Lipinski definition) is 4. The lowest BCUT2D eigenvalue weighted by Crippen LogP contribution is -2.54. The summed E-state index contributed by atoms with van der Waals surface area (Å²) >= 11 is 0. The lowest BCUT2D eigenvalue weighted by atomic mass is 9.82. The van der Waals surface area contributed by atoms with Crippen LogP contribution in [0.25, 0.3) is 0 Å². The van der Waals surface area contributed by atoms with Gasteiger partial charge in [0, 0.05) is 44.5 Å². The lowest BCUT2D eigenvalue weighted by Gasteiger charge is -2.42. The molecule has 1 fully saturated rings. The van der Waals surface area contributed by atoms with Gasteiger partial charge in [0.15, 0.2) is 5.88 Å². The SMILES string of the molecule is CC(=O)N[C@@H](Cc1ccc(F)cc1)[C@H](O)CN[C@H]1C[C@]2(CCOC2)OC2=C1C=C(CC(C)(C)C)CN2. The highest BCUT2D eigenvalue weighted by Crippen LogP contribution is 2.39. The quantitative estimate of drug-likeness (QED) is 0.438. The molecule has 0 saturated carbocycles. The van der Waals surface area contributed by atoms with Crippen LogP contribution in [0.4, 0.5) is 4.39 Å². The Morgan fingerprint density at radius 1 is 1.31 bits per heavy atom. The molecule has 3 aliphatic rings. The van der Waals surface area contributed by atoms with Gasteiger partial charge in [-0.2, -0.15) is 0 Å². The number of dihydropyridines is 1. The maximum atomic E-state index is 13.3. The summed E-state index contributed by atoms with van der Waals surface area (Å²) in [5, 5.41) is 21.0. The van der Waals surface area contributed by atoms with Gasteiger partial charge < -0.3 is 30.5 Å². The number of nitrogens with one attached hydrogen (secondary N) is 3. The molecule has 198 valence electrons. The summed E-state index contributed by atoms with van der Waals surface area (Å²) in [7, 11) is 0.